The highest BCUT2D eigenvalue weighted by Crippen LogP contribution is 2.43. The Kier molecular flexibility index (Phi) is 4.64. The maximum Gasteiger partial charge on any atom is 0.252 e. The molecule has 6 nitrogen and oxygen atoms in total. The van der Waals surface area contributed by atoms with Crippen LogP contribution < -0.4 is 0 Å². The molecule has 1 aliphatic heterocycles. The molecule has 0 bridgehead atoms. The Morgan fingerprint density at radius 3 is 2.96 bits per heavy atom. The van der Waals surface area contributed by atoms with E-state index in [1.807, 2.05) is 18.5 Å². The molecule has 1 fully saturated rings. The minimum atomic E-state index is -0.150. The number of carbonyl (C=O) groups excluding carboxylic acids is 1. The molecule has 1 amide bonds. The number of hydroxylamine groups is 2. The van der Waals surface area contributed by atoms with Gasteiger partial charge in [-0.05, 0) is 31.8 Å². The molecule has 0 unspecified atom stereocenters. The van der Waals surface area contributed by atoms with Crippen LogP contribution in [0.25, 0.3) is 0 Å². The largest absolute Gasteiger partial charge is 0.287 e. The second kappa shape index (κ2) is 6.70. The number of aliphatic imine (C=N–C) groups is 1. The van der Waals surface area contributed by atoms with Gasteiger partial charge in [0.25, 0.3) is 5.91 Å². The predicted octanol–water partition coefficient (Wildman–Crippen LogP) is 3.06. The number of hydrogen-bond donors (Lipinski definition) is 1. The van der Waals surface area contributed by atoms with Crippen LogP contribution in [0.4, 0.5) is 0 Å². The summed E-state index contributed by atoms with van der Waals surface area (Å²) in [5.41, 5.74) is 3.57. The molecule has 0 aromatic carbocycles. The van der Waals surface area contributed by atoms with Crippen molar-refractivity contribution in [2.24, 2.45) is 4.99 Å². The minimum Gasteiger partial charge on any atom is -0.287 e. The van der Waals surface area contributed by atoms with Crippen LogP contribution in [0.5, 0.6) is 0 Å². The number of aromatic nitrogens is 1. The molecule has 1 N–H and O–H groups in total. The standard InChI is InChI=1S/C17H20N4O2S/c1-4-12-7-8-15(22)21(17(12)19-11(2)20(3)23)9-14-16(13-5-6-13)24-10-18-14/h4,7-8,10,13,23H,2,5-6,9H2,1,3H3/b12-4-,19-17+. The predicted molar refractivity (Wildman–Crippen MR) is 93.7 cm³/mol. The van der Waals surface area contributed by atoms with Gasteiger partial charge in [-0.3, -0.25) is 14.9 Å². The summed E-state index contributed by atoms with van der Waals surface area (Å²) in [7, 11) is 1.44. The van der Waals surface area contributed by atoms with Gasteiger partial charge in [-0.2, -0.15) is 0 Å². The molecular weight excluding hydrogens is 324 g/mol. The van der Waals surface area contributed by atoms with Crippen molar-refractivity contribution in [2.45, 2.75) is 32.2 Å². The Morgan fingerprint density at radius 1 is 1.58 bits per heavy atom. The molecule has 1 aromatic heterocycles. The lowest BCUT2D eigenvalue weighted by molar-refractivity contribution is -0.123. The summed E-state index contributed by atoms with van der Waals surface area (Å²) in [4.78, 5) is 24.1. The third kappa shape index (κ3) is 3.32. The number of nitrogens with zero attached hydrogens (tertiary/aromatic N) is 4. The molecule has 126 valence electrons. The fourth-order valence-electron chi connectivity index (χ4n) is 2.51. The summed E-state index contributed by atoms with van der Waals surface area (Å²) in [5, 5.41) is 10.4. The third-order valence-corrected chi connectivity index (χ3v) is 5.07. The quantitative estimate of drug-likeness (QED) is 0.834. The molecule has 7 heteroatoms. The SMILES string of the molecule is C=C(/N=C1\C(=C/C)C=CC(=O)N1Cc1ncsc1C1CC1)N(C)O. The van der Waals surface area contributed by atoms with Crippen LogP contribution >= 0.6 is 11.3 Å². The van der Waals surface area contributed by atoms with Crippen LogP contribution in [-0.4, -0.2) is 38.9 Å². The Bertz CT molecular complexity index is 756. The van der Waals surface area contributed by atoms with E-state index in [0.29, 0.717) is 18.3 Å². The lowest BCUT2D eigenvalue weighted by atomic mass is 10.1. The Morgan fingerprint density at radius 2 is 2.33 bits per heavy atom. The number of amidine groups is 1. The minimum absolute atomic E-state index is 0.150. The molecule has 0 atom stereocenters. The molecule has 0 saturated heterocycles. The second-order valence-corrected chi connectivity index (χ2v) is 6.70. The molecule has 3 rings (SSSR count). The summed E-state index contributed by atoms with van der Waals surface area (Å²) in [6.45, 7) is 5.97. The van der Waals surface area contributed by atoms with E-state index >= 15 is 0 Å². The number of allylic oxidation sites excluding steroid dienone is 1. The maximum atomic E-state index is 12.4. The maximum absolute atomic E-state index is 12.4. The number of carbonyl (C=O) groups is 1. The fraction of sp³-hybridized carbons (Fsp3) is 0.353. The van der Waals surface area contributed by atoms with Crippen molar-refractivity contribution < 1.29 is 10.0 Å². The van der Waals surface area contributed by atoms with Crippen LogP contribution in [0, 0.1) is 0 Å². The smallest absolute Gasteiger partial charge is 0.252 e. The highest BCUT2D eigenvalue weighted by atomic mass is 32.1. The second-order valence-electron chi connectivity index (χ2n) is 5.81. The lowest BCUT2D eigenvalue weighted by Crippen LogP contribution is -2.39. The van der Waals surface area contributed by atoms with E-state index < -0.39 is 0 Å². The van der Waals surface area contributed by atoms with Crippen molar-refractivity contribution in [3.8, 4) is 0 Å². The van der Waals surface area contributed by atoms with E-state index in [2.05, 4.69) is 16.6 Å². The zero-order chi connectivity index (χ0) is 17.3. The van der Waals surface area contributed by atoms with Gasteiger partial charge < -0.3 is 0 Å². The molecule has 24 heavy (non-hydrogen) atoms. The highest BCUT2D eigenvalue weighted by molar-refractivity contribution is 7.09. The first-order chi connectivity index (χ1) is 11.5. The van der Waals surface area contributed by atoms with Crippen molar-refractivity contribution in [3.63, 3.8) is 0 Å². The van der Waals surface area contributed by atoms with Gasteiger partial charge in [0.1, 0.15) is 11.7 Å². The first kappa shape index (κ1) is 16.6. The average molecular weight is 344 g/mol. The number of thiazole rings is 1. The molecule has 1 aliphatic carbocycles. The summed E-state index contributed by atoms with van der Waals surface area (Å²) in [6, 6.07) is 0. The summed E-state index contributed by atoms with van der Waals surface area (Å²) in [6.07, 6.45) is 7.52. The van der Waals surface area contributed by atoms with Crippen LogP contribution in [0.1, 0.15) is 36.3 Å². The van der Waals surface area contributed by atoms with E-state index in [9.17, 15) is 10.0 Å². The Hall–Kier alpha value is -2.25. The van der Waals surface area contributed by atoms with Crippen molar-refractivity contribution in [1.82, 2.24) is 14.9 Å². The van der Waals surface area contributed by atoms with Crippen molar-refractivity contribution in [1.29, 1.82) is 0 Å². The van der Waals surface area contributed by atoms with Crippen molar-refractivity contribution in [3.05, 3.63) is 52.3 Å². The topological polar surface area (TPSA) is 69.0 Å². The van der Waals surface area contributed by atoms with E-state index in [1.165, 1.54) is 30.8 Å². The van der Waals surface area contributed by atoms with Crippen LogP contribution in [0.2, 0.25) is 0 Å². The Labute approximate surface area is 145 Å². The zero-order valence-electron chi connectivity index (χ0n) is 13.8. The fourth-order valence-corrected chi connectivity index (χ4v) is 3.48. The van der Waals surface area contributed by atoms with Crippen molar-refractivity contribution >= 4 is 23.1 Å². The van der Waals surface area contributed by atoms with E-state index in [4.69, 9.17) is 0 Å². The van der Waals surface area contributed by atoms with E-state index in [0.717, 1.165) is 16.3 Å². The molecule has 1 aromatic rings. The lowest BCUT2D eigenvalue weighted by Gasteiger charge is -2.27. The van der Waals surface area contributed by atoms with Gasteiger partial charge in [0.15, 0.2) is 0 Å². The normalized spacial score (nSPS) is 21.0. The van der Waals surface area contributed by atoms with Gasteiger partial charge in [0.2, 0.25) is 0 Å². The first-order valence-electron chi connectivity index (χ1n) is 7.80. The van der Waals surface area contributed by atoms with Crippen LogP contribution in [0.15, 0.2) is 46.7 Å². The number of hydrogen-bond acceptors (Lipinski definition) is 6. The summed E-state index contributed by atoms with van der Waals surface area (Å²) < 4.78 is 0. The first-order valence-corrected chi connectivity index (χ1v) is 8.68. The molecule has 1 saturated carbocycles. The van der Waals surface area contributed by atoms with Gasteiger partial charge in [-0.25, -0.2) is 15.0 Å². The van der Waals surface area contributed by atoms with Gasteiger partial charge in [0.05, 0.1) is 17.7 Å². The van der Waals surface area contributed by atoms with Crippen molar-refractivity contribution in [2.75, 3.05) is 7.05 Å². The third-order valence-electron chi connectivity index (χ3n) is 4.03. The van der Waals surface area contributed by atoms with Gasteiger partial charge in [-0.1, -0.05) is 12.7 Å². The number of amides is 1. The highest BCUT2D eigenvalue weighted by Gasteiger charge is 2.31. The van der Waals surface area contributed by atoms with Crippen LogP contribution in [0.3, 0.4) is 0 Å². The molecule has 0 radical (unpaired) electrons. The van der Waals surface area contributed by atoms with Gasteiger partial charge in [-0.15, -0.1) is 11.3 Å². The molecule has 2 aliphatic rings. The molecule has 2 heterocycles. The molecular formula is C17H20N4O2S. The summed E-state index contributed by atoms with van der Waals surface area (Å²) >= 11 is 1.65. The van der Waals surface area contributed by atoms with E-state index in [1.54, 1.807) is 22.3 Å². The molecule has 0 spiro atoms. The number of rotatable bonds is 5. The van der Waals surface area contributed by atoms with E-state index in [-0.39, 0.29) is 11.7 Å². The zero-order valence-corrected chi connectivity index (χ0v) is 14.6. The van der Waals surface area contributed by atoms with Crippen LogP contribution in [-0.2, 0) is 11.3 Å². The Balaban J connectivity index is 1.95. The monoisotopic (exact) mass is 344 g/mol. The summed E-state index contributed by atoms with van der Waals surface area (Å²) in [5.74, 6) is 1.08. The van der Waals surface area contributed by atoms with Gasteiger partial charge in [0, 0.05) is 23.6 Å². The van der Waals surface area contributed by atoms with Gasteiger partial charge >= 0.3 is 0 Å². The average Bonchev–Trinajstić information content (AvgIpc) is 3.30.